The molecule has 4 aliphatic rings. The third kappa shape index (κ3) is 17.8. The van der Waals surface area contributed by atoms with Crippen LogP contribution in [0, 0.1) is 40.4 Å². The van der Waals surface area contributed by atoms with Gasteiger partial charge in [-0.15, -0.1) is 0 Å². The van der Waals surface area contributed by atoms with Crippen LogP contribution >= 0.6 is 0 Å². The average Bonchev–Trinajstić information content (AvgIpc) is 4.35. The summed E-state index contributed by atoms with van der Waals surface area (Å²) in [5, 5.41) is 23.7. The molecule has 4 fully saturated rings. The highest BCUT2D eigenvalue weighted by molar-refractivity contribution is 5.94. The number of carbonyl (C=O) groups is 7. The van der Waals surface area contributed by atoms with Gasteiger partial charge in [0.15, 0.2) is 0 Å². The van der Waals surface area contributed by atoms with Crippen molar-refractivity contribution in [1.29, 1.82) is 0 Å². The zero-order valence-electron chi connectivity index (χ0n) is 49.1. The number of esters is 2. The molecule has 5 amide bonds. The fourth-order valence-corrected chi connectivity index (χ4v) is 12.1. The highest BCUT2D eigenvalue weighted by Crippen LogP contribution is 2.59. The molecule has 1 aromatic carbocycles. The summed E-state index contributed by atoms with van der Waals surface area (Å²) in [6, 6.07) is 6.87. The first-order valence-corrected chi connectivity index (χ1v) is 28.7. The van der Waals surface area contributed by atoms with E-state index in [1.807, 2.05) is 78.8 Å². The predicted molar refractivity (Wildman–Crippen MR) is 295 cm³/mol. The first-order chi connectivity index (χ1) is 36.6. The van der Waals surface area contributed by atoms with Crippen molar-refractivity contribution < 1.29 is 62.4 Å². The standard InChI is InChI=1S/C60H95N5O13/c1-36(2)19-24-47-59(12,78-47)52-51(74-13)46(25-26-60(52)35-75-60)77-49(68)29-42-20-22-43(23-21-42)76-50(69)33-61-53(70)44(27-37(3)4)65-54(71)45(28-41-17-15-14-16-18-41)64-48(67)32-63-56(73)58(11,39(7)8)34-57(10,30-38(5)6)55(72)62-31-40(9)66/h14-19,37-40,42-47,51-52,66H,20-35H2,1-13H3,(H,61,70)(H,62,72)(H,63,73)(H,64,67)(H,65,71)/t40?,42?,43?,44-,45-,46?,47+,51?,52?,57?,58?,59?,60-/m0/s1. The molecule has 18 nitrogen and oxygen atoms in total. The Morgan fingerprint density at radius 1 is 0.808 bits per heavy atom. The Balaban J connectivity index is 1.11. The molecule has 1 spiro atoms. The second-order valence-electron chi connectivity index (χ2n) is 25.1. The third-order valence-electron chi connectivity index (χ3n) is 16.7. The summed E-state index contributed by atoms with van der Waals surface area (Å²) in [4.78, 5) is 95.8. The van der Waals surface area contributed by atoms with Crippen molar-refractivity contribution in [1.82, 2.24) is 26.6 Å². The molecule has 11 atom stereocenters. The number of epoxide rings is 2. The zero-order valence-corrected chi connectivity index (χ0v) is 49.1. The van der Waals surface area contributed by atoms with Crippen molar-refractivity contribution in [3.8, 4) is 0 Å². The average molecular weight is 1090 g/mol. The van der Waals surface area contributed by atoms with Gasteiger partial charge < -0.3 is 55.4 Å². The van der Waals surface area contributed by atoms with Crippen molar-refractivity contribution in [3.05, 3.63) is 47.5 Å². The lowest BCUT2D eigenvalue weighted by molar-refractivity contribution is -0.173. The summed E-state index contributed by atoms with van der Waals surface area (Å²) in [6.45, 7) is 22.9. The minimum Gasteiger partial charge on any atom is -0.461 e. The second kappa shape index (κ2) is 28.0. The fourth-order valence-electron chi connectivity index (χ4n) is 12.1. The number of allylic oxidation sites excluding steroid dienone is 1. The van der Waals surface area contributed by atoms with Gasteiger partial charge in [0.05, 0.1) is 31.3 Å². The predicted octanol–water partition coefficient (Wildman–Crippen LogP) is 6.19. The summed E-state index contributed by atoms with van der Waals surface area (Å²) in [5.74, 6) is -3.62. The number of carbonyl (C=O) groups excluding carboxylic acids is 7. The van der Waals surface area contributed by atoms with E-state index in [1.165, 1.54) is 5.57 Å². The van der Waals surface area contributed by atoms with Crippen LogP contribution in [0.5, 0.6) is 0 Å². The molecule has 2 saturated carbocycles. The van der Waals surface area contributed by atoms with Crippen molar-refractivity contribution in [2.75, 3.05) is 33.4 Å². The van der Waals surface area contributed by atoms with E-state index in [0.717, 1.165) is 18.4 Å². The van der Waals surface area contributed by atoms with Crippen LogP contribution in [-0.4, -0.2) is 134 Å². The van der Waals surface area contributed by atoms with Crippen LogP contribution in [0.25, 0.3) is 0 Å². The van der Waals surface area contributed by atoms with E-state index >= 15 is 0 Å². The van der Waals surface area contributed by atoms with Gasteiger partial charge in [-0.3, -0.25) is 33.6 Å². The molecule has 2 heterocycles. The topological polar surface area (TPSA) is 253 Å². The number of amides is 5. The van der Waals surface area contributed by atoms with Crippen LogP contribution in [0.4, 0.5) is 0 Å². The molecule has 6 N–H and O–H groups in total. The molecule has 1 aromatic rings. The number of ether oxygens (including phenoxy) is 5. The Morgan fingerprint density at radius 3 is 2.05 bits per heavy atom. The van der Waals surface area contributed by atoms with Gasteiger partial charge in [0, 0.05) is 37.3 Å². The second-order valence-corrected chi connectivity index (χ2v) is 25.1. The van der Waals surface area contributed by atoms with E-state index in [1.54, 1.807) is 21.0 Å². The number of hydrogen-bond donors (Lipinski definition) is 6. The number of aliphatic hydroxyl groups excluding tert-OH is 1. The van der Waals surface area contributed by atoms with Gasteiger partial charge in [-0.1, -0.05) is 97.4 Å². The highest BCUT2D eigenvalue weighted by atomic mass is 16.6. The maximum absolute atomic E-state index is 14.1. The largest absolute Gasteiger partial charge is 0.461 e. The number of rotatable bonds is 29. The smallest absolute Gasteiger partial charge is 0.325 e. The SMILES string of the molecule is COC1C(OC(=O)CC2CCC(OC(=O)CNC(=O)[C@H](CC(C)C)NC(=O)[C@H](Cc3ccccc3)NC(=O)CNC(=O)C(C)(CC(C)(CC(C)C)C(=O)NCC(C)O)C(C)C)CC2)CC[C@]2(CO2)C1C1(C)O[C@@H]1CC=C(C)C. The summed E-state index contributed by atoms with van der Waals surface area (Å²) in [6.07, 6.45) is 6.18. The van der Waals surface area contributed by atoms with E-state index in [4.69, 9.17) is 23.7 Å². The molecule has 0 bridgehead atoms. The fraction of sp³-hybridized carbons (Fsp3) is 0.750. The Hall–Kier alpha value is -4.91. The molecule has 78 heavy (non-hydrogen) atoms. The van der Waals surface area contributed by atoms with Crippen LogP contribution in [-0.2, 0) is 63.7 Å². The lowest BCUT2D eigenvalue weighted by Crippen LogP contribution is -2.56. The van der Waals surface area contributed by atoms with Crippen LogP contribution in [0.1, 0.15) is 159 Å². The minimum absolute atomic E-state index is 0.0450. The highest BCUT2D eigenvalue weighted by Gasteiger charge is 2.72. The Morgan fingerprint density at radius 2 is 1.47 bits per heavy atom. The molecular weight excluding hydrogens is 999 g/mol. The van der Waals surface area contributed by atoms with Crippen LogP contribution in [0.15, 0.2) is 42.0 Å². The van der Waals surface area contributed by atoms with Gasteiger partial charge >= 0.3 is 11.9 Å². The first kappa shape index (κ1) is 63.9. The van der Waals surface area contributed by atoms with Gasteiger partial charge in [0.2, 0.25) is 29.5 Å². The van der Waals surface area contributed by atoms with Crippen molar-refractivity contribution in [2.45, 2.75) is 214 Å². The molecule has 0 radical (unpaired) electrons. The number of hydrogen-bond acceptors (Lipinski definition) is 13. The number of aliphatic hydroxyl groups is 1. The lowest BCUT2D eigenvalue weighted by Gasteiger charge is -2.42. The molecule has 18 heteroatoms. The van der Waals surface area contributed by atoms with E-state index in [9.17, 15) is 38.7 Å². The molecule has 7 unspecified atom stereocenters. The normalized spacial score (nSPS) is 27.2. The van der Waals surface area contributed by atoms with E-state index in [2.05, 4.69) is 53.4 Å². The Kier molecular flexibility index (Phi) is 22.9. The number of nitrogens with one attached hydrogen (secondary N) is 5. The molecule has 2 aliphatic carbocycles. The summed E-state index contributed by atoms with van der Waals surface area (Å²) >= 11 is 0. The van der Waals surface area contributed by atoms with Gasteiger partial charge in [0.1, 0.15) is 48.1 Å². The quantitative estimate of drug-likeness (QED) is 0.0298. The summed E-state index contributed by atoms with van der Waals surface area (Å²) in [5.41, 5.74) is -0.822. The monoisotopic (exact) mass is 1090 g/mol. The maximum atomic E-state index is 14.1. The van der Waals surface area contributed by atoms with Crippen molar-refractivity contribution in [2.24, 2.45) is 40.4 Å². The van der Waals surface area contributed by atoms with E-state index in [-0.39, 0.29) is 97.6 Å². The van der Waals surface area contributed by atoms with Crippen molar-refractivity contribution >= 4 is 41.5 Å². The number of benzene rings is 1. The van der Waals surface area contributed by atoms with E-state index < -0.39 is 83.4 Å². The van der Waals surface area contributed by atoms with E-state index in [0.29, 0.717) is 45.1 Å². The van der Waals surface area contributed by atoms with Gasteiger partial charge in [-0.25, -0.2) is 0 Å². The maximum Gasteiger partial charge on any atom is 0.325 e. The van der Waals surface area contributed by atoms with Gasteiger partial charge in [0.25, 0.3) is 0 Å². The van der Waals surface area contributed by atoms with Gasteiger partial charge in [-0.2, -0.15) is 0 Å². The molecular formula is C60H95N5O13. The van der Waals surface area contributed by atoms with Crippen LogP contribution in [0.3, 0.4) is 0 Å². The molecule has 2 aliphatic heterocycles. The summed E-state index contributed by atoms with van der Waals surface area (Å²) in [7, 11) is 1.66. The number of methoxy groups -OCH3 is 1. The molecule has 2 saturated heterocycles. The summed E-state index contributed by atoms with van der Waals surface area (Å²) < 4.78 is 30.4. The minimum atomic E-state index is -1.15. The molecule has 0 aromatic heterocycles. The lowest BCUT2D eigenvalue weighted by atomic mass is 9.64. The third-order valence-corrected chi connectivity index (χ3v) is 16.7. The first-order valence-electron chi connectivity index (χ1n) is 28.7. The molecule has 5 rings (SSSR count). The Labute approximate surface area is 464 Å². The van der Waals surface area contributed by atoms with Crippen LogP contribution in [0.2, 0.25) is 0 Å². The molecule has 438 valence electrons. The zero-order chi connectivity index (χ0) is 57.8. The van der Waals surface area contributed by atoms with Crippen molar-refractivity contribution in [3.63, 3.8) is 0 Å². The van der Waals surface area contributed by atoms with Crippen LogP contribution < -0.4 is 26.6 Å². The Bertz CT molecular complexity index is 2240. The van der Waals surface area contributed by atoms with Gasteiger partial charge in [-0.05, 0) is 121 Å².